The molecule has 2 N–H and O–H groups in total. The van der Waals surface area contributed by atoms with Gasteiger partial charge in [0.25, 0.3) is 5.91 Å². The van der Waals surface area contributed by atoms with Gasteiger partial charge in [-0.2, -0.15) is 0 Å². The monoisotopic (exact) mass is 368 g/mol. The van der Waals surface area contributed by atoms with Gasteiger partial charge in [-0.15, -0.1) is 0 Å². The molecule has 2 aromatic heterocycles. The molecular weight excluding hydrogens is 347 g/mol. The molecule has 3 rings (SSSR count). The number of amides is 2. The van der Waals surface area contributed by atoms with Crippen molar-refractivity contribution in [2.24, 2.45) is 0 Å². The van der Waals surface area contributed by atoms with Crippen molar-refractivity contribution in [3.63, 3.8) is 0 Å². The number of pyridine rings is 1. The van der Waals surface area contributed by atoms with Crippen molar-refractivity contribution < 1.29 is 14.0 Å². The van der Waals surface area contributed by atoms with Crippen LogP contribution in [0.1, 0.15) is 34.6 Å². The number of fused-ring (bicyclic) bond motifs is 1. The molecule has 0 aliphatic heterocycles. The van der Waals surface area contributed by atoms with Gasteiger partial charge in [0.1, 0.15) is 17.2 Å². The number of aryl methyl sites for hydroxylation is 2. The van der Waals surface area contributed by atoms with Crippen molar-refractivity contribution in [3.8, 4) is 0 Å². The van der Waals surface area contributed by atoms with Gasteiger partial charge >= 0.3 is 0 Å². The standard InChI is InChI=1S/C20H21FN4O2/c1-13-5-4-12-25-18(14(2)23-19(13)25)20(27)22-11-3-6-17(26)24-16-9-7-15(21)8-10-16/h4-5,7-10,12H,3,6,11H2,1-2H3,(H,22,27)(H,24,26). The molecular formula is C20H21FN4O2. The molecule has 0 radical (unpaired) electrons. The normalized spacial score (nSPS) is 10.8. The third kappa shape index (κ3) is 4.31. The first-order chi connectivity index (χ1) is 13.0. The molecule has 0 aliphatic rings. The summed E-state index contributed by atoms with van der Waals surface area (Å²) in [5.74, 6) is -0.754. The summed E-state index contributed by atoms with van der Waals surface area (Å²) in [6, 6.07) is 9.41. The van der Waals surface area contributed by atoms with Gasteiger partial charge in [-0.25, -0.2) is 9.37 Å². The van der Waals surface area contributed by atoms with Gasteiger partial charge in [-0.05, 0) is 56.2 Å². The summed E-state index contributed by atoms with van der Waals surface area (Å²) >= 11 is 0. The van der Waals surface area contributed by atoms with Crippen LogP contribution in [0.15, 0.2) is 42.6 Å². The number of benzene rings is 1. The van der Waals surface area contributed by atoms with Gasteiger partial charge < -0.3 is 10.6 Å². The molecule has 0 aliphatic carbocycles. The smallest absolute Gasteiger partial charge is 0.270 e. The van der Waals surface area contributed by atoms with Crippen LogP contribution in [0.3, 0.4) is 0 Å². The average molecular weight is 368 g/mol. The van der Waals surface area contributed by atoms with E-state index in [1.54, 1.807) is 11.3 Å². The maximum Gasteiger partial charge on any atom is 0.270 e. The van der Waals surface area contributed by atoms with Crippen LogP contribution in [0.25, 0.3) is 5.65 Å². The molecule has 0 atom stereocenters. The molecule has 2 heterocycles. The molecule has 6 nitrogen and oxygen atoms in total. The lowest BCUT2D eigenvalue weighted by Gasteiger charge is -2.07. The van der Waals surface area contributed by atoms with Crippen molar-refractivity contribution in [1.29, 1.82) is 0 Å². The summed E-state index contributed by atoms with van der Waals surface area (Å²) in [7, 11) is 0. The van der Waals surface area contributed by atoms with Crippen LogP contribution in [-0.2, 0) is 4.79 Å². The first-order valence-corrected chi connectivity index (χ1v) is 8.73. The molecule has 3 aromatic rings. The van der Waals surface area contributed by atoms with Crippen LogP contribution >= 0.6 is 0 Å². The molecule has 140 valence electrons. The van der Waals surface area contributed by atoms with Crippen molar-refractivity contribution in [1.82, 2.24) is 14.7 Å². The highest BCUT2D eigenvalue weighted by atomic mass is 19.1. The fourth-order valence-corrected chi connectivity index (χ4v) is 2.88. The van der Waals surface area contributed by atoms with Gasteiger partial charge in [-0.1, -0.05) is 6.07 Å². The SMILES string of the molecule is Cc1nc2c(C)cccn2c1C(=O)NCCCC(=O)Nc1ccc(F)cc1. The number of anilines is 1. The second-order valence-electron chi connectivity index (χ2n) is 6.35. The molecule has 0 spiro atoms. The Morgan fingerprint density at radius 2 is 1.89 bits per heavy atom. The van der Waals surface area contributed by atoms with Gasteiger partial charge in [0.15, 0.2) is 0 Å². The summed E-state index contributed by atoms with van der Waals surface area (Å²) in [6.07, 6.45) is 2.56. The van der Waals surface area contributed by atoms with Crippen molar-refractivity contribution in [2.75, 3.05) is 11.9 Å². The highest BCUT2D eigenvalue weighted by Crippen LogP contribution is 2.15. The van der Waals surface area contributed by atoms with Crippen LogP contribution in [0, 0.1) is 19.7 Å². The Hall–Kier alpha value is -3.22. The van der Waals surface area contributed by atoms with Crippen LogP contribution < -0.4 is 10.6 Å². The van der Waals surface area contributed by atoms with Crippen molar-refractivity contribution in [2.45, 2.75) is 26.7 Å². The number of hydrogen-bond donors (Lipinski definition) is 2. The zero-order chi connectivity index (χ0) is 19.4. The number of hydrogen-bond acceptors (Lipinski definition) is 3. The number of rotatable bonds is 6. The molecule has 0 saturated heterocycles. The second-order valence-corrected chi connectivity index (χ2v) is 6.35. The van der Waals surface area contributed by atoms with Gasteiger partial charge in [0, 0.05) is 24.8 Å². The second kappa shape index (κ2) is 7.99. The van der Waals surface area contributed by atoms with E-state index in [1.165, 1.54) is 24.3 Å². The fourth-order valence-electron chi connectivity index (χ4n) is 2.88. The number of halogens is 1. The highest BCUT2D eigenvalue weighted by molar-refractivity contribution is 5.95. The largest absolute Gasteiger partial charge is 0.351 e. The molecule has 0 saturated carbocycles. The van der Waals surface area contributed by atoms with Crippen LogP contribution in [-0.4, -0.2) is 27.7 Å². The Balaban J connectivity index is 1.51. The van der Waals surface area contributed by atoms with Crippen LogP contribution in [0.5, 0.6) is 0 Å². The van der Waals surface area contributed by atoms with E-state index >= 15 is 0 Å². The number of imidazole rings is 1. The van der Waals surface area contributed by atoms with E-state index < -0.39 is 0 Å². The molecule has 7 heteroatoms. The predicted octanol–water partition coefficient (Wildman–Crippen LogP) is 3.24. The summed E-state index contributed by atoms with van der Waals surface area (Å²) in [5, 5.41) is 5.53. The lowest BCUT2D eigenvalue weighted by atomic mass is 10.2. The first-order valence-electron chi connectivity index (χ1n) is 8.73. The zero-order valence-corrected chi connectivity index (χ0v) is 15.3. The van der Waals surface area contributed by atoms with E-state index in [9.17, 15) is 14.0 Å². The Morgan fingerprint density at radius 1 is 1.15 bits per heavy atom. The molecule has 27 heavy (non-hydrogen) atoms. The number of carbonyl (C=O) groups is 2. The van der Waals surface area contributed by atoms with E-state index in [1.807, 2.05) is 25.3 Å². The Bertz CT molecular complexity index is 980. The molecule has 2 amide bonds. The zero-order valence-electron chi connectivity index (χ0n) is 15.3. The Labute approximate surface area is 156 Å². The third-order valence-corrected chi connectivity index (χ3v) is 4.23. The predicted molar refractivity (Wildman–Crippen MR) is 101 cm³/mol. The van der Waals surface area contributed by atoms with E-state index in [0.717, 1.165) is 11.2 Å². The number of nitrogens with one attached hydrogen (secondary N) is 2. The maximum absolute atomic E-state index is 12.9. The third-order valence-electron chi connectivity index (χ3n) is 4.23. The molecule has 0 fully saturated rings. The van der Waals surface area contributed by atoms with E-state index in [0.29, 0.717) is 30.0 Å². The van der Waals surface area contributed by atoms with E-state index in [4.69, 9.17) is 0 Å². The summed E-state index contributed by atoms with van der Waals surface area (Å²) in [5.41, 5.74) is 3.47. The molecule has 0 unspecified atom stereocenters. The summed E-state index contributed by atoms with van der Waals surface area (Å²) < 4.78 is 14.6. The quantitative estimate of drug-likeness (QED) is 0.656. The van der Waals surface area contributed by atoms with Gasteiger partial charge in [-0.3, -0.25) is 14.0 Å². The first kappa shape index (κ1) is 18.6. The number of nitrogens with zero attached hydrogens (tertiary/aromatic N) is 2. The minimum absolute atomic E-state index is 0.183. The topological polar surface area (TPSA) is 75.5 Å². The van der Waals surface area contributed by atoms with Crippen molar-refractivity contribution in [3.05, 3.63) is 65.4 Å². The van der Waals surface area contributed by atoms with E-state index in [2.05, 4.69) is 15.6 Å². The minimum Gasteiger partial charge on any atom is -0.351 e. The number of aromatic nitrogens is 2. The fraction of sp³-hybridized carbons (Fsp3) is 0.250. The van der Waals surface area contributed by atoms with Crippen LogP contribution in [0.4, 0.5) is 10.1 Å². The lowest BCUT2D eigenvalue weighted by molar-refractivity contribution is -0.116. The minimum atomic E-state index is -0.353. The van der Waals surface area contributed by atoms with Crippen molar-refractivity contribution >= 4 is 23.1 Å². The molecule has 0 bridgehead atoms. The van der Waals surface area contributed by atoms with Gasteiger partial charge in [0.2, 0.25) is 5.91 Å². The highest BCUT2D eigenvalue weighted by Gasteiger charge is 2.17. The Kier molecular flexibility index (Phi) is 5.49. The Morgan fingerprint density at radius 3 is 2.63 bits per heavy atom. The summed E-state index contributed by atoms with van der Waals surface area (Å²) in [6.45, 7) is 4.12. The van der Waals surface area contributed by atoms with Gasteiger partial charge in [0.05, 0.1) is 5.69 Å². The lowest BCUT2D eigenvalue weighted by Crippen LogP contribution is -2.27. The molecule has 1 aromatic carbocycles. The average Bonchev–Trinajstić information content (AvgIpc) is 2.98. The maximum atomic E-state index is 12.9. The van der Waals surface area contributed by atoms with Crippen LogP contribution in [0.2, 0.25) is 0 Å². The van der Waals surface area contributed by atoms with E-state index in [-0.39, 0.29) is 24.1 Å². The number of carbonyl (C=O) groups excluding carboxylic acids is 2. The summed E-state index contributed by atoms with van der Waals surface area (Å²) in [4.78, 5) is 28.9.